The van der Waals surface area contributed by atoms with Crippen molar-refractivity contribution in [1.82, 2.24) is 5.32 Å². The molecule has 1 saturated heterocycles. The van der Waals surface area contributed by atoms with Crippen LogP contribution in [-0.2, 0) is 22.6 Å². The number of furan rings is 1. The van der Waals surface area contributed by atoms with Crippen LogP contribution in [0.15, 0.2) is 16.5 Å². The molecule has 4 nitrogen and oxygen atoms in total. The molecule has 2 rings (SSSR count). The van der Waals surface area contributed by atoms with Crippen molar-refractivity contribution in [2.75, 3.05) is 13.2 Å². The van der Waals surface area contributed by atoms with Crippen LogP contribution in [0, 0.1) is 0 Å². The molecule has 0 amide bonds. The topological polar surface area (TPSA) is 43.6 Å². The Bertz CT molecular complexity index is 375. The lowest BCUT2D eigenvalue weighted by Crippen LogP contribution is -2.34. The van der Waals surface area contributed by atoms with Gasteiger partial charge in [0.25, 0.3) is 0 Å². The molecule has 0 radical (unpaired) electrons. The molecule has 0 aromatic carbocycles. The van der Waals surface area contributed by atoms with Crippen LogP contribution in [0.1, 0.15) is 45.1 Å². The Morgan fingerprint density at radius 1 is 1.32 bits per heavy atom. The quantitative estimate of drug-likeness (QED) is 0.860. The summed E-state index contributed by atoms with van der Waals surface area (Å²) >= 11 is 0. The molecular formula is C15H25NO3. The third-order valence-corrected chi connectivity index (χ3v) is 3.08. The normalized spacial score (nSPS) is 20.1. The molecule has 0 bridgehead atoms. The minimum Gasteiger partial charge on any atom is -0.462 e. The van der Waals surface area contributed by atoms with Crippen molar-refractivity contribution in [3.63, 3.8) is 0 Å². The molecule has 2 heterocycles. The van der Waals surface area contributed by atoms with Crippen molar-refractivity contribution in [1.29, 1.82) is 0 Å². The van der Waals surface area contributed by atoms with E-state index in [2.05, 4.69) is 26.1 Å². The molecule has 1 atom stereocenters. The summed E-state index contributed by atoms with van der Waals surface area (Å²) in [4.78, 5) is 0. The highest BCUT2D eigenvalue weighted by Gasteiger charge is 2.15. The minimum absolute atomic E-state index is 0.100. The minimum atomic E-state index is 0.100. The van der Waals surface area contributed by atoms with E-state index in [1.54, 1.807) is 0 Å². The zero-order valence-electron chi connectivity index (χ0n) is 12.2. The van der Waals surface area contributed by atoms with E-state index in [0.717, 1.165) is 37.5 Å². The van der Waals surface area contributed by atoms with Crippen molar-refractivity contribution in [2.24, 2.45) is 0 Å². The Labute approximate surface area is 115 Å². The van der Waals surface area contributed by atoms with Gasteiger partial charge in [0.2, 0.25) is 0 Å². The maximum absolute atomic E-state index is 5.72. The van der Waals surface area contributed by atoms with E-state index >= 15 is 0 Å². The van der Waals surface area contributed by atoms with Crippen molar-refractivity contribution >= 4 is 0 Å². The van der Waals surface area contributed by atoms with Gasteiger partial charge in [0, 0.05) is 12.1 Å². The number of rotatable bonds is 6. The first-order valence-electron chi connectivity index (χ1n) is 7.05. The molecule has 1 aromatic rings. The van der Waals surface area contributed by atoms with Crippen molar-refractivity contribution in [2.45, 2.75) is 58.4 Å². The van der Waals surface area contributed by atoms with Crippen LogP contribution in [0.2, 0.25) is 0 Å². The molecule has 1 unspecified atom stereocenters. The molecule has 1 aliphatic rings. The highest BCUT2D eigenvalue weighted by Crippen LogP contribution is 2.14. The molecule has 108 valence electrons. The summed E-state index contributed by atoms with van der Waals surface area (Å²) in [7, 11) is 0. The van der Waals surface area contributed by atoms with E-state index < -0.39 is 0 Å². The van der Waals surface area contributed by atoms with Crippen molar-refractivity contribution in [3.8, 4) is 0 Å². The zero-order chi connectivity index (χ0) is 13.7. The van der Waals surface area contributed by atoms with Crippen LogP contribution in [0.5, 0.6) is 0 Å². The second-order valence-corrected chi connectivity index (χ2v) is 6.12. The molecule has 0 aliphatic carbocycles. The number of ether oxygens (including phenoxy) is 2. The Hall–Kier alpha value is -0.840. The molecule has 4 heteroatoms. The molecule has 1 fully saturated rings. The van der Waals surface area contributed by atoms with Crippen LogP contribution in [0.25, 0.3) is 0 Å². The van der Waals surface area contributed by atoms with E-state index in [4.69, 9.17) is 13.9 Å². The van der Waals surface area contributed by atoms with Gasteiger partial charge in [0.1, 0.15) is 18.1 Å². The fourth-order valence-electron chi connectivity index (χ4n) is 2.01. The van der Waals surface area contributed by atoms with Gasteiger partial charge in [-0.05, 0) is 45.7 Å². The van der Waals surface area contributed by atoms with Gasteiger partial charge in [0.15, 0.2) is 0 Å². The summed E-state index contributed by atoms with van der Waals surface area (Å²) in [6.45, 7) is 9.23. The summed E-state index contributed by atoms with van der Waals surface area (Å²) in [5, 5.41) is 3.40. The lowest BCUT2D eigenvalue weighted by atomic mass is 10.1. The summed E-state index contributed by atoms with van der Waals surface area (Å²) in [6.07, 6.45) is 2.54. The fourth-order valence-corrected chi connectivity index (χ4v) is 2.01. The number of nitrogens with one attached hydrogen (secondary N) is 1. The number of hydrogen-bond acceptors (Lipinski definition) is 4. The Morgan fingerprint density at radius 3 is 2.79 bits per heavy atom. The zero-order valence-corrected chi connectivity index (χ0v) is 12.2. The molecule has 1 aliphatic heterocycles. The molecular weight excluding hydrogens is 242 g/mol. The van der Waals surface area contributed by atoms with Gasteiger partial charge in [-0.1, -0.05) is 0 Å². The summed E-state index contributed by atoms with van der Waals surface area (Å²) < 4.78 is 16.8. The molecule has 1 N–H and O–H groups in total. The van der Waals surface area contributed by atoms with Crippen LogP contribution in [-0.4, -0.2) is 24.9 Å². The van der Waals surface area contributed by atoms with Crippen LogP contribution < -0.4 is 5.32 Å². The monoisotopic (exact) mass is 267 g/mol. The maximum Gasteiger partial charge on any atom is 0.129 e. The van der Waals surface area contributed by atoms with E-state index in [9.17, 15) is 0 Å². The lowest BCUT2D eigenvalue weighted by molar-refractivity contribution is 0.00555. The third kappa shape index (κ3) is 5.35. The predicted molar refractivity (Wildman–Crippen MR) is 73.9 cm³/mol. The first-order valence-corrected chi connectivity index (χ1v) is 7.05. The smallest absolute Gasteiger partial charge is 0.129 e. The predicted octanol–water partition coefficient (Wildman–Crippen LogP) is 2.86. The largest absolute Gasteiger partial charge is 0.462 e. The first-order chi connectivity index (χ1) is 9.03. The van der Waals surface area contributed by atoms with Crippen LogP contribution in [0.4, 0.5) is 0 Å². The van der Waals surface area contributed by atoms with Gasteiger partial charge in [-0.2, -0.15) is 0 Å². The molecule has 0 saturated carbocycles. The number of hydrogen-bond donors (Lipinski definition) is 1. The van der Waals surface area contributed by atoms with Crippen LogP contribution in [0.3, 0.4) is 0 Å². The second kappa shape index (κ2) is 6.55. The molecule has 1 aromatic heterocycles. The lowest BCUT2D eigenvalue weighted by Gasteiger charge is -2.19. The van der Waals surface area contributed by atoms with Gasteiger partial charge in [0.05, 0.1) is 19.3 Å². The fraction of sp³-hybridized carbons (Fsp3) is 0.733. The van der Waals surface area contributed by atoms with E-state index in [0.29, 0.717) is 13.2 Å². The Kier molecular flexibility index (Phi) is 5.02. The van der Waals surface area contributed by atoms with Crippen molar-refractivity contribution in [3.05, 3.63) is 23.7 Å². The second-order valence-electron chi connectivity index (χ2n) is 6.12. The van der Waals surface area contributed by atoms with Crippen molar-refractivity contribution < 1.29 is 13.9 Å². The Morgan fingerprint density at radius 2 is 2.11 bits per heavy atom. The van der Waals surface area contributed by atoms with Gasteiger partial charge in [-0.25, -0.2) is 0 Å². The molecule has 0 spiro atoms. The standard InChI is InChI=1S/C15H25NO3/c1-15(2,3)16-9-12-6-7-14(19-12)11-17-10-13-5-4-8-18-13/h6-7,13,16H,4-5,8-11H2,1-3H3. The highest BCUT2D eigenvalue weighted by molar-refractivity contribution is 5.06. The first kappa shape index (κ1) is 14.6. The van der Waals surface area contributed by atoms with E-state index in [1.807, 2.05) is 12.1 Å². The third-order valence-electron chi connectivity index (χ3n) is 3.08. The van der Waals surface area contributed by atoms with Crippen LogP contribution >= 0.6 is 0 Å². The van der Waals surface area contributed by atoms with Gasteiger partial charge < -0.3 is 19.2 Å². The average Bonchev–Trinajstić information content (AvgIpc) is 2.97. The summed E-state index contributed by atoms with van der Waals surface area (Å²) in [5.74, 6) is 1.83. The van der Waals surface area contributed by atoms with E-state index in [-0.39, 0.29) is 11.6 Å². The van der Waals surface area contributed by atoms with Gasteiger partial charge in [-0.15, -0.1) is 0 Å². The van der Waals surface area contributed by atoms with E-state index in [1.165, 1.54) is 0 Å². The molecule has 19 heavy (non-hydrogen) atoms. The summed E-state index contributed by atoms with van der Waals surface area (Å²) in [5.41, 5.74) is 0.100. The SMILES string of the molecule is CC(C)(C)NCc1ccc(COCC2CCCO2)o1. The maximum atomic E-state index is 5.72. The Balaban J connectivity index is 1.68. The average molecular weight is 267 g/mol. The highest BCUT2D eigenvalue weighted by atomic mass is 16.5. The van der Waals surface area contributed by atoms with Gasteiger partial charge >= 0.3 is 0 Å². The summed E-state index contributed by atoms with van der Waals surface area (Å²) in [6, 6.07) is 3.98. The van der Waals surface area contributed by atoms with Gasteiger partial charge in [-0.3, -0.25) is 0 Å².